The summed E-state index contributed by atoms with van der Waals surface area (Å²) < 4.78 is 21.2. The number of carboxylic acids is 1. The Labute approximate surface area is 280 Å². The minimum atomic E-state index is -1.08. The molecule has 17 heteroatoms. The molecular formula is C31H52N6O11. The average molecular weight is 685 g/mol. The lowest BCUT2D eigenvalue weighted by Crippen LogP contribution is -2.35. The van der Waals surface area contributed by atoms with Gasteiger partial charge in [0.2, 0.25) is 17.7 Å². The standard InChI is InChI=1S/C31H52N6O11/c1-2-28(40)35-9-11-45-13-16-48-21-30(42)36-10-12-46-14-15-47-20-29(41)34-8-4-3-5-23(26(38)6-7-31(43)44)17-27(39)25(32)18-24-19-33-22-37-24/h19,22-23,25H,2-18,20-21,32H2,1H3,(H,33,37)(H,34,41)(H,35,40)(H,36,42)(H,43,44)/t23-,25+/m1/s1. The number of hydrogen-bond donors (Lipinski definition) is 6. The first-order valence-electron chi connectivity index (χ1n) is 16.2. The largest absolute Gasteiger partial charge is 0.481 e. The van der Waals surface area contributed by atoms with E-state index < -0.39 is 17.9 Å². The maximum atomic E-state index is 12.7. The molecule has 2 atom stereocenters. The van der Waals surface area contributed by atoms with Crippen LogP contribution in [-0.4, -0.2) is 129 Å². The number of carbonyl (C=O) groups excluding carboxylic acids is 5. The molecule has 7 N–H and O–H groups in total. The minimum absolute atomic E-state index is 0.0387. The number of carboxylic acid groups (broad SMARTS) is 1. The highest BCUT2D eigenvalue weighted by atomic mass is 16.5. The number of Topliss-reactive ketones (excluding diaryl/α,β-unsaturated/α-hetero) is 2. The van der Waals surface area contributed by atoms with Crippen molar-refractivity contribution in [2.45, 2.75) is 64.3 Å². The lowest BCUT2D eigenvalue weighted by molar-refractivity contribution is -0.139. The number of H-pyrrole nitrogens is 1. The SMILES string of the molecule is CCC(=O)NCCOCCOCC(=O)NCCOCCOCC(=O)NCCCC[C@H](CC(=O)[C@@H](N)Cc1cnc[nH]1)C(=O)CCC(=O)O. The zero-order chi connectivity index (χ0) is 35.4. The summed E-state index contributed by atoms with van der Waals surface area (Å²) in [5, 5.41) is 17.0. The highest BCUT2D eigenvalue weighted by molar-refractivity contribution is 5.91. The summed E-state index contributed by atoms with van der Waals surface area (Å²) in [6.45, 7) is 4.16. The van der Waals surface area contributed by atoms with Gasteiger partial charge in [-0.25, -0.2) is 4.98 Å². The summed E-state index contributed by atoms with van der Waals surface area (Å²) in [6, 6.07) is -0.813. The Morgan fingerprint density at radius 1 is 0.792 bits per heavy atom. The van der Waals surface area contributed by atoms with Crippen LogP contribution in [0, 0.1) is 5.92 Å². The minimum Gasteiger partial charge on any atom is -0.481 e. The number of ether oxygens (including phenoxy) is 4. The number of imidazole rings is 1. The second-order valence-corrected chi connectivity index (χ2v) is 10.8. The van der Waals surface area contributed by atoms with Crippen molar-refractivity contribution in [2.24, 2.45) is 11.7 Å². The average Bonchev–Trinajstić information content (AvgIpc) is 3.58. The predicted octanol–water partition coefficient (Wildman–Crippen LogP) is -0.716. The van der Waals surface area contributed by atoms with Crippen molar-refractivity contribution in [2.75, 3.05) is 72.5 Å². The van der Waals surface area contributed by atoms with Crippen molar-refractivity contribution >= 4 is 35.3 Å². The third-order valence-electron chi connectivity index (χ3n) is 6.87. The predicted molar refractivity (Wildman–Crippen MR) is 172 cm³/mol. The van der Waals surface area contributed by atoms with Gasteiger partial charge in [-0.2, -0.15) is 0 Å². The van der Waals surface area contributed by atoms with E-state index in [1.54, 1.807) is 13.1 Å². The number of carbonyl (C=O) groups is 6. The molecule has 1 rings (SSSR count). The van der Waals surface area contributed by atoms with Crippen LogP contribution in [0.15, 0.2) is 12.5 Å². The van der Waals surface area contributed by atoms with Crippen LogP contribution in [0.3, 0.4) is 0 Å². The quantitative estimate of drug-likeness (QED) is 0.0529. The molecule has 0 fully saturated rings. The van der Waals surface area contributed by atoms with Gasteiger partial charge >= 0.3 is 5.97 Å². The van der Waals surface area contributed by atoms with Gasteiger partial charge in [0.25, 0.3) is 0 Å². The van der Waals surface area contributed by atoms with Gasteiger partial charge in [0.15, 0.2) is 5.78 Å². The zero-order valence-corrected chi connectivity index (χ0v) is 27.8. The number of hydrogen-bond acceptors (Lipinski definition) is 12. The molecule has 0 spiro atoms. The molecule has 0 aliphatic carbocycles. The summed E-state index contributed by atoms with van der Waals surface area (Å²) in [6.07, 6.45) is 4.66. The Kier molecular flexibility index (Phi) is 24.0. The summed E-state index contributed by atoms with van der Waals surface area (Å²) in [5.41, 5.74) is 6.72. The molecule has 3 amide bonds. The molecule has 0 saturated heterocycles. The normalized spacial score (nSPS) is 12.2. The van der Waals surface area contributed by atoms with Gasteiger partial charge in [-0.3, -0.25) is 28.8 Å². The lowest BCUT2D eigenvalue weighted by Gasteiger charge is -2.17. The van der Waals surface area contributed by atoms with Crippen LogP contribution in [0.5, 0.6) is 0 Å². The van der Waals surface area contributed by atoms with Crippen molar-refractivity contribution in [1.29, 1.82) is 0 Å². The number of aromatic nitrogens is 2. The second kappa shape index (κ2) is 27.2. The molecule has 17 nitrogen and oxygen atoms in total. The zero-order valence-electron chi connectivity index (χ0n) is 27.8. The molecular weight excluding hydrogens is 632 g/mol. The van der Waals surface area contributed by atoms with Crippen LogP contribution in [0.2, 0.25) is 0 Å². The molecule has 0 unspecified atom stereocenters. The van der Waals surface area contributed by atoms with Crippen LogP contribution < -0.4 is 21.7 Å². The van der Waals surface area contributed by atoms with E-state index >= 15 is 0 Å². The first kappa shape index (κ1) is 42.3. The van der Waals surface area contributed by atoms with Crippen molar-refractivity contribution in [3.05, 3.63) is 18.2 Å². The van der Waals surface area contributed by atoms with E-state index in [1.807, 2.05) is 0 Å². The first-order chi connectivity index (χ1) is 23.1. The van der Waals surface area contributed by atoms with Gasteiger partial charge in [-0.15, -0.1) is 0 Å². The monoisotopic (exact) mass is 684 g/mol. The van der Waals surface area contributed by atoms with Gasteiger partial charge in [-0.05, 0) is 12.8 Å². The Morgan fingerprint density at radius 3 is 1.94 bits per heavy atom. The van der Waals surface area contributed by atoms with E-state index in [0.29, 0.717) is 57.7 Å². The van der Waals surface area contributed by atoms with Gasteiger partial charge in [-0.1, -0.05) is 13.3 Å². The van der Waals surface area contributed by atoms with Crippen LogP contribution in [-0.2, 0) is 54.1 Å². The number of aromatic amines is 1. The smallest absolute Gasteiger partial charge is 0.303 e. The highest BCUT2D eigenvalue weighted by Gasteiger charge is 2.25. The summed E-state index contributed by atoms with van der Waals surface area (Å²) in [5.74, 6) is -2.95. The van der Waals surface area contributed by atoms with E-state index in [1.165, 1.54) is 6.33 Å². The first-order valence-corrected chi connectivity index (χ1v) is 16.2. The Morgan fingerprint density at radius 2 is 1.38 bits per heavy atom. The summed E-state index contributed by atoms with van der Waals surface area (Å²) >= 11 is 0. The topological polar surface area (TPSA) is 250 Å². The fraction of sp³-hybridized carbons (Fsp3) is 0.710. The Hall–Kier alpha value is -3.77. The number of ketones is 2. The van der Waals surface area contributed by atoms with Crippen LogP contribution in [0.1, 0.15) is 57.6 Å². The maximum absolute atomic E-state index is 12.7. The molecule has 1 aromatic rings. The van der Waals surface area contributed by atoms with Crippen molar-refractivity contribution < 1.29 is 52.8 Å². The van der Waals surface area contributed by atoms with Crippen molar-refractivity contribution in [1.82, 2.24) is 25.9 Å². The van der Waals surface area contributed by atoms with Crippen LogP contribution in [0.4, 0.5) is 0 Å². The number of unbranched alkanes of at least 4 members (excludes halogenated alkanes) is 1. The van der Waals surface area contributed by atoms with E-state index in [0.717, 1.165) is 0 Å². The number of rotatable bonds is 31. The molecule has 0 bridgehead atoms. The second-order valence-electron chi connectivity index (χ2n) is 10.8. The summed E-state index contributed by atoms with van der Waals surface area (Å²) in [7, 11) is 0. The molecule has 272 valence electrons. The van der Waals surface area contributed by atoms with E-state index in [4.69, 9.17) is 29.8 Å². The number of nitrogens with zero attached hydrogens (tertiary/aromatic N) is 1. The number of nitrogens with one attached hydrogen (secondary N) is 4. The molecule has 1 aromatic heterocycles. The van der Waals surface area contributed by atoms with E-state index in [2.05, 4.69) is 25.9 Å². The number of nitrogens with two attached hydrogens (primary N) is 1. The fourth-order valence-electron chi connectivity index (χ4n) is 4.22. The lowest BCUT2D eigenvalue weighted by atomic mass is 9.87. The maximum Gasteiger partial charge on any atom is 0.303 e. The third-order valence-corrected chi connectivity index (χ3v) is 6.87. The molecule has 1 heterocycles. The van der Waals surface area contributed by atoms with Gasteiger partial charge in [0.1, 0.15) is 19.0 Å². The van der Waals surface area contributed by atoms with Gasteiger partial charge < -0.3 is 50.7 Å². The Bertz CT molecular complexity index is 1090. The molecule has 48 heavy (non-hydrogen) atoms. The van der Waals surface area contributed by atoms with Crippen molar-refractivity contribution in [3.63, 3.8) is 0 Å². The van der Waals surface area contributed by atoms with Gasteiger partial charge in [0.05, 0.1) is 58.4 Å². The molecule has 0 saturated carbocycles. The number of aliphatic carboxylic acids is 1. The van der Waals surface area contributed by atoms with E-state index in [9.17, 15) is 28.8 Å². The molecule has 0 aromatic carbocycles. The van der Waals surface area contributed by atoms with Crippen molar-refractivity contribution in [3.8, 4) is 0 Å². The molecule has 0 aliphatic heterocycles. The summed E-state index contributed by atoms with van der Waals surface area (Å²) in [4.78, 5) is 77.9. The van der Waals surface area contributed by atoms with E-state index in [-0.39, 0.29) is 101 Å². The fourth-order valence-corrected chi connectivity index (χ4v) is 4.22. The molecule has 0 radical (unpaired) electrons. The number of amides is 3. The van der Waals surface area contributed by atoms with Crippen LogP contribution in [0.25, 0.3) is 0 Å². The Balaban J connectivity index is 2.09. The van der Waals surface area contributed by atoms with Gasteiger partial charge in [0, 0.05) is 63.1 Å². The highest BCUT2D eigenvalue weighted by Crippen LogP contribution is 2.18. The molecule has 0 aliphatic rings. The van der Waals surface area contributed by atoms with Crippen LogP contribution >= 0.6 is 0 Å². The third kappa shape index (κ3) is 22.7.